The van der Waals surface area contributed by atoms with Gasteiger partial charge in [0.1, 0.15) is 0 Å². The van der Waals surface area contributed by atoms with Gasteiger partial charge in [-0.25, -0.2) is 0 Å². The minimum absolute atomic E-state index is 0.209. The molecule has 0 aromatic carbocycles. The van der Waals surface area contributed by atoms with Crippen molar-refractivity contribution in [3.05, 3.63) is 0 Å². The molecular formula is C10H19N3O2. The van der Waals surface area contributed by atoms with E-state index in [9.17, 15) is 4.79 Å². The lowest BCUT2D eigenvalue weighted by Gasteiger charge is -2.38. The van der Waals surface area contributed by atoms with Crippen LogP contribution in [-0.4, -0.2) is 73.2 Å². The van der Waals surface area contributed by atoms with Crippen molar-refractivity contribution in [1.82, 2.24) is 15.1 Å². The molecule has 0 spiro atoms. The van der Waals surface area contributed by atoms with Gasteiger partial charge in [-0.1, -0.05) is 0 Å². The molecule has 0 unspecified atom stereocenters. The first-order valence-electron chi connectivity index (χ1n) is 5.64. The number of piperazine rings is 1. The lowest BCUT2D eigenvalue weighted by molar-refractivity contribution is -0.138. The molecule has 5 nitrogen and oxygen atoms in total. The maximum Gasteiger partial charge on any atom is 0.228 e. The first-order chi connectivity index (χ1) is 7.31. The Kier molecular flexibility index (Phi) is 3.56. The summed E-state index contributed by atoms with van der Waals surface area (Å²) in [5.74, 6) is 0.520. The maximum atomic E-state index is 11.9. The summed E-state index contributed by atoms with van der Waals surface area (Å²) in [7, 11) is 0. The number of carbonyl (C=O) groups is 1. The van der Waals surface area contributed by atoms with E-state index < -0.39 is 0 Å². The number of β-amino-alcohol motifs (C(OH)–C–C–N with tert-alkyl or cyclic N) is 1. The van der Waals surface area contributed by atoms with Crippen molar-refractivity contribution in [2.75, 3.05) is 52.4 Å². The highest BCUT2D eigenvalue weighted by molar-refractivity contribution is 5.80. The van der Waals surface area contributed by atoms with E-state index in [4.69, 9.17) is 5.11 Å². The summed E-state index contributed by atoms with van der Waals surface area (Å²) in [5.41, 5.74) is 0. The highest BCUT2D eigenvalue weighted by Crippen LogP contribution is 2.10. The average molecular weight is 213 g/mol. The Morgan fingerprint density at radius 2 is 1.93 bits per heavy atom. The Morgan fingerprint density at radius 3 is 2.40 bits per heavy atom. The number of rotatable bonds is 3. The SMILES string of the molecule is O=C(C1CNC1)N1CCN(CCO)CC1. The third-order valence-corrected chi connectivity index (χ3v) is 3.23. The number of hydrogen-bond acceptors (Lipinski definition) is 4. The predicted octanol–water partition coefficient (Wildman–Crippen LogP) is -1.66. The molecular weight excluding hydrogens is 194 g/mol. The average Bonchev–Trinajstić information content (AvgIpc) is 2.16. The van der Waals surface area contributed by atoms with E-state index in [2.05, 4.69) is 10.2 Å². The molecule has 2 rings (SSSR count). The van der Waals surface area contributed by atoms with Gasteiger partial charge in [0.2, 0.25) is 5.91 Å². The minimum atomic E-state index is 0.209. The fraction of sp³-hybridized carbons (Fsp3) is 0.900. The molecule has 1 amide bonds. The number of amides is 1. The van der Waals surface area contributed by atoms with Gasteiger partial charge >= 0.3 is 0 Å². The van der Waals surface area contributed by atoms with E-state index in [0.717, 1.165) is 45.8 Å². The van der Waals surface area contributed by atoms with Crippen LogP contribution >= 0.6 is 0 Å². The molecule has 0 aromatic heterocycles. The van der Waals surface area contributed by atoms with Gasteiger partial charge in [-0.2, -0.15) is 0 Å². The molecule has 0 aliphatic carbocycles. The molecule has 0 saturated carbocycles. The summed E-state index contributed by atoms with van der Waals surface area (Å²) < 4.78 is 0. The Labute approximate surface area is 90.0 Å². The first kappa shape index (κ1) is 10.9. The van der Waals surface area contributed by atoms with E-state index in [0.29, 0.717) is 5.91 Å². The largest absolute Gasteiger partial charge is 0.395 e. The lowest BCUT2D eigenvalue weighted by atomic mass is 10.0. The van der Waals surface area contributed by atoms with Gasteiger partial charge in [0.05, 0.1) is 12.5 Å². The summed E-state index contributed by atoms with van der Waals surface area (Å²) in [4.78, 5) is 16.0. The van der Waals surface area contributed by atoms with Gasteiger partial charge in [-0.05, 0) is 0 Å². The standard InChI is InChI=1S/C10H19N3O2/c14-6-5-12-1-3-13(4-2-12)10(15)9-7-11-8-9/h9,11,14H,1-8H2. The van der Waals surface area contributed by atoms with Crippen LogP contribution in [0.2, 0.25) is 0 Å². The smallest absolute Gasteiger partial charge is 0.228 e. The van der Waals surface area contributed by atoms with Gasteiger partial charge in [0.25, 0.3) is 0 Å². The Morgan fingerprint density at radius 1 is 1.27 bits per heavy atom. The van der Waals surface area contributed by atoms with Crippen molar-refractivity contribution in [1.29, 1.82) is 0 Å². The maximum absolute atomic E-state index is 11.9. The Bertz CT molecular complexity index is 223. The highest BCUT2D eigenvalue weighted by Gasteiger charge is 2.30. The molecule has 2 saturated heterocycles. The van der Waals surface area contributed by atoms with Crippen LogP contribution in [-0.2, 0) is 4.79 Å². The van der Waals surface area contributed by atoms with Gasteiger partial charge in [-0.15, -0.1) is 0 Å². The monoisotopic (exact) mass is 213 g/mol. The number of nitrogens with one attached hydrogen (secondary N) is 1. The van der Waals surface area contributed by atoms with E-state index in [1.165, 1.54) is 0 Å². The molecule has 5 heteroatoms. The van der Waals surface area contributed by atoms with Crippen LogP contribution < -0.4 is 5.32 Å². The quantitative estimate of drug-likeness (QED) is 0.589. The molecule has 0 bridgehead atoms. The fourth-order valence-electron chi connectivity index (χ4n) is 2.05. The third-order valence-electron chi connectivity index (χ3n) is 3.23. The Hall–Kier alpha value is -0.650. The van der Waals surface area contributed by atoms with E-state index in [-0.39, 0.29) is 12.5 Å². The number of aliphatic hydroxyl groups is 1. The van der Waals surface area contributed by atoms with Crippen molar-refractivity contribution in [2.24, 2.45) is 5.92 Å². The van der Waals surface area contributed by atoms with Gasteiger partial charge < -0.3 is 15.3 Å². The number of carbonyl (C=O) groups excluding carboxylic acids is 1. The molecule has 0 atom stereocenters. The third kappa shape index (κ3) is 2.48. The zero-order valence-electron chi connectivity index (χ0n) is 8.98. The molecule has 0 aromatic rings. The zero-order valence-corrected chi connectivity index (χ0v) is 8.98. The molecule has 2 heterocycles. The second-order valence-corrected chi connectivity index (χ2v) is 4.25. The highest BCUT2D eigenvalue weighted by atomic mass is 16.3. The molecule has 86 valence electrons. The molecule has 2 aliphatic heterocycles. The molecule has 0 radical (unpaired) electrons. The van der Waals surface area contributed by atoms with Crippen molar-refractivity contribution in [2.45, 2.75) is 0 Å². The number of hydrogen-bond donors (Lipinski definition) is 2. The van der Waals surface area contributed by atoms with Crippen LogP contribution in [0, 0.1) is 5.92 Å². The fourth-order valence-corrected chi connectivity index (χ4v) is 2.05. The first-order valence-corrected chi connectivity index (χ1v) is 5.64. The van der Waals surface area contributed by atoms with Crippen molar-refractivity contribution in [3.63, 3.8) is 0 Å². The van der Waals surface area contributed by atoms with Crippen molar-refractivity contribution in [3.8, 4) is 0 Å². The summed E-state index contributed by atoms with van der Waals surface area (Å²) in [6, 6.07) is 0. The summed E-state index contributed by atoms with van der Waals surface area (Å²) in [5, 5.41) is 11.9. The summed E-state index contributed by atoms with van der Waals surface area (Å²) in [6.07, 6.45) is 0. The minimum Gasteiger partial charge on any atom is -0.395 e. The van der Waals surface area contributed by atoms with Crippen molar-refractivity contribution < 1.29 is 9.90 Å². The van der Waals surface area contributed by atoms with Crippen LogP contribution in [0.25, 0.3) is 0 Å². The van der Waals surface area contributed by atoms with Crippen LogP contribution in [0.5, 0.6) is 0 Å². The van der Waals surface area contributed by atoms with E-state index in [1.54, 1.807) is 0 Å². The normalized spacial score (nSPS) is 23.9. The van der Waals surface area contributed by atoms with Crippen LogP contribution in [0.3, 0.4) is 0 Å². The van der Waals surface area contributed by atoms with E-state index >= 15 is 0 Å². The van der Waals surface area contributed by atoms with Crippen LogP contribution in [0.15, 0.2) is 0 Å². The van der Waals surface area contributed by atoms with E-state index in [1.807, 2.05) is 4.90 Å². The van der Waals surface area contributed by atoms with Crippen LogP contribution in [0.1, 0.15) is 0 Å². The zero-order chi connectivity index (χ0) is 10.7. The Balaban J connectivity index is 1.74. The van der Waals surface area contributed by atoms with Gasteiger partial charge in [0.15, 0.2) is 0 Å². The molecule has 2 aliphatic rings. The molecule has 2 N–H and O–H groups in total. The number of nitrogens with zero attached hydrogens (tertiary/aromatic N) is 2. The molecule has 2 fully saturated rings. The van der Waals surface area contributed by atoms with Gasteiger partial charge in [-0.3, -0.25) is 9.69 Å². The van der Waals surface area contributed by atoms with Crippen LogP contribution in [0.4, 0.5) is 0 Å². The number of aliphatic hydroxyl groups excluding tert-OH is 1. The summed E-state index contributed by atoms with van der Waals surface area (Å²) in [6.45, 7) is 6.04. The summed E-state index contributed by atoms with van der Waals surface area (Å²) >= 11 is 0. The van der Waals surface area contributed by atoms with Gasteiger partial charge in [0, 0.05) is 45.8 Å². The van der Waals surface area contributed by atoms with Crippen molar-refractivity contribution >= 4 is 5.91 Å². The topological polar surface area (TPSA) is 55.8 Å². The molecule has 15 heavy (non-hydrogen) atoms. The second kappa shape index (κ2) is 4.92. The predicted molar refractivity (Wildman–Crippen MR) is 56.5 cm³/mol. The second-order valence-electron chi connectivity index (χ2n) is 4.25. The lowest BCUT2D eigenvalue weighted by Crippen LogP contribution is -2.56.